The number of rotatable bonds is 3. The topological polar surface area (TPSA) is 52.2 Å². The highest BCUT2D eigenvalue weighted by Crippen LogP contribution is 2.23. The van der Waals surface area contributed by atoms with Crippen LogP contribution in [-0.2, 0) is 6.54 Å². The van der Waals surface area contributed by atoms with Crippen LogP contribution >= 0.6 is 15.9 Å². The second kappa shape index (κ2) is 5.33. The number of hydrogen-bond acceptors (Lipinski definition) is 3. The van der Waals surface area contributed by atoms with Gasteiger partial charge in [-0.3, -0.25) is 4.57 Å². The van der Waals surface area contributed by atoms with Crippen molar-refractivity contribution in [2.24, 2.45) is 5.92 Å². The SMILES string of the molecule is Cc1cc(Br)c2c(c1)c(=O)oc(=O)n2CCC(C)C. The van der Waals surface area contributed by atoms with Crippen molar-refractivity contribution in [1.82, 2.24) is 4.57 Å². The monoisotopic (exact) mass is 325 g/mol. The predicted molar refractivity (Wildman–Crippen MR) is 78.6 cm³/mol. The van der Waals surface area contributed by atoms with E-state index in [9.17, 15) is 9.59 Å². The highest BCUT2D eigenvalue weighted by molar-refractivity contribution is 9.10. The summed E-state index contributed by atoms with van der Waals surface area (Å²) in [6.07, 6.45) is 0.850. The van der Waals surface area contributed by atoms with E-state index in [-0.39, 0.29) is 0 Å². The summed E-state index contributed by atoms with van der Waals surface area (Å²) in [6.45, 7) is 6.61. The molecule has 2 rings (SSSR count). The van der Waals surface area contributed by atoms with E-state index in [0.717, 1.165) is 16.5 Å². The Hall–Kier alpha value is -1.36. The van der Waals surface area contributed by atoms with Crippen LogP contribution in [0.15, 0.2) is 30.6 Å². The minimum atomic E-state index is -0.595. The van der Waals surface area contributed by atoms with Crippen LogP contribution < -0.4 is 11.4 Å². The summed E-state index contributed by atoms with van der Waals surface area (Å²) in [6, 6.07) is 3.64. The van der Waals surface area contributed by atoms with Crippen LogP contribution in [0.2, 0.25) is 0 Å². The maximum Gasteiger partial charge on any atom is 0.422 e. The predicted octanol–water partition coefficient (Wildman–Crippen LogP) is 3.07. The summed E-state index contributed by atoms with van der Waals surface area (Å²) in [5, 5.41) is 0.440. The normalized spacial score (nSPS) is 11.4. The van der Waals surface area contributed by atoms with Gasteiger partial charge < -0.3 is 4.42 Å². The molecule has 0 unspecified atom stereocenters. The van der Waals surface area contributed by atoms with E-state index in [1.54, 1.807) is 6.07 Å². The van der Waals surface area contributed by atoms with Crippen LogP contribution in [0.4, 0.5) is 0 Å². The van der Waals surface area contributed by atoms with Crippen molar-refractivity contribution < 1.29 is 4.42 Å². The third kappa shape index (κ3) is 2.81. The van der Waals surface area contributed by atoms with Gasteiger partial charge in [-0.1, -0.05) is 13.8 Å². The molecule has 0 amide bonds. The molecule has 1 aromatic heterocycles. The lowest BCUT2D eigenvalue weighted by Gasteiger charge is -2.11. The van der Waals surface area contributed by atoms with Gasteiger partial charge in [0.1, 0.15) is 0 Å². The summed E-state index contributed by atoms with van der Waals surface area (Å²) in [4.78, 5) is 23.7. The van der Waals surface area contributed by atoms with Gasteiger partial charge in [-0.2, -0.15) is 0 Å². The molecular weight excluding hydrogens is 310 g/mol. The van der Waals surface area contributed by atoms with Gasteiger partial charge in [-0.05, 0) is 52.9 Å². The number of aryl methyl sites for hydroxylation is 2. The molecule has 0 aliphatic heterocycles. The third-order valence-corrected chi connectivity index (χ3v) is 3.63. The third-order valence-electron chi connectivity index (χ3n) is 3.03. The minimum Gasteiger partial charge on any atom is -0.372 e. The largest absolute Gasteiger partial charge is 0.422 e. The molecule has 2 aromatic rings. The van der Waals surface area contributed by atoms with Crippen LogP contribution in [0.3, 0.4) is 0 Å². The van der Waals surface area contributed by atoms with Crippen molar-refractivity contribution >= 4 is 26.8 Å². The van der Waals surface area contributed by atoms with Crippen molar-refractivity contribution in [3.8, 4) is 0 Å². The lowest BCUT2D eigenvalue weighted by atomic mass is 10.1. The Morgan fingerprint density at radius 3 is 2.63 bits per heavy atom. The highest BCUT2D eigenvalue weighted by Gasteiger charge is 2.13. The van der Waals surface area contributed by atoms with E-state index in [1.807, 2.05) is 13.0 Å². The van der Waals surface area contributed by atoms with Crippen molar-refractivity contribution in [1.29, 1.82) is 0 Å². The second-order valence-corrected chi connectivity index (χ2v) is 5.99. The zero-order valence-electron chi connectivity index (χ0n) is 11.2. The number of nitrogens with zero attached hydrogens (tertiary/aromatic N) is 1. The molecule has 0 aliphatic rings. The van der Waals surface area contributed by atoms with Gasteiger partial charge in [0.25, 0.3) is 0 Å². The summed E-state index contributed by atoms with van der Waals surface area (Å²) >= 11 is 3.43. The van der Waals surface area contributed by atoms with Crippen LogP contribution in [0.5, 0.6) is 0 Å². The van der Waals surface area contributed by atoms with Crippen molar-refractivity contribution in [2.45, 2.75) is 33.7 Å². The molecule has 19 heavy (non-hydrogen) atoms. The molecule has 0 atom stereocenters. The fourth-order valence-electron chi connectivity index (χ4n) is 2.04. The van der Waals surface area contributed by atoms with Gasteiger partial charge in [0.15, 0.2) is 0 Å². The Morgan fingerprint density at radius 2 is 2.00 bits per heavy atom. The number of fused-ring (bicyclic) bond motifs is 1. The molecule has 0 N–H and O–H groups in total. The molecule has 0 bridgehead atoms. The Morgan fingerprint density at radius 1 is 1.32 bits per heavy atom. The van der Waals surface area contributed by atoms with Crippen molar-refractivity contribution in [2.75, 3.05) is 0 Å². The quantitative estimate of drug-likeness (QED) is 0.871. The molecule has 0 radical (unpaired) electrons. The molecular formula is C14H16BrNO3. The summed E-state index contributed by atoms with van der Waals surface area (Å²) in [5.41, 5.74) is 0.985. The van der Waals surface area contributed by atoms with Gasteiger partial charge in [0.2, 0.25) is 0 Å². The second-order valence-electron chi connectivity index (χ2n) is 5.13. The summed E-state index contributed by atoms with van der Waals surface area (Å²) in [7, 11) is 0. The number of benzene rings is 1. The van der Waals surface area contributed by atoms with E-state index in [1.165, 1.54) is 4.57 Å². The fourth-order valence-corrected chi connectivity index (χ4v) is 2.82. The molecule has 0 aliphatic carbocycles. The molecule has 5 heteroatoms. The average molecular weight is 326 g/mol. The molecule has 1 heterocycles. The van der Waals surface area contributed by atoms with Crippen molar-refractivity contribution in [3.63, 3.8) is 0 Å². The first-order valence-corrected chi connectivity index (χ1v) is 7.03. The number of hydrogen-bond donors (Lipinski definition) is 0. The van der Waals surface area contributed by atoms with Gasteiger partial charge in [0.05, 0.1) is 10.9 Å². The Balaban J connectivity index is 2.76. The lowest BCUT2D eigenvalue weighted by molar-refractivity contribution is 0.399. The first-order valence-electron chi connectivity index (χ1n) is 6.24. The van der Waals surface area contributed by atoms with Crippen molar-refractivity contribution in [3.05, 3.63) is 43.1 Å². The Kier molecular flexibility index (Phi) is 3.94. The smallest absolute Gasteiger partial charge is 0.372 e. The molecule has 0 saturated heterocycles. The van der Waals surface area contributed by atoms with E-state index in [2.05, 4.69) is 29.8 Å². The fraction of sp³-hybridized carbons (Fsp3) is 0.429. The van der Waals surface area contributed by atoms with Crippen LogP contribution in [-0.4, -0.2) is 4.57 Å². The van der Waals surface area contributed by atoms with Crippen LogP contribution in [0, 0.1) is 12.8 Å². The van der Waals surface area contributed by atoms with Gasteiger partial charge >= 0.3 is 11.4 Å². The summed E-state index contributed by atoms with van der Waals surface area (Å²) < 4.78 is 7.07. The zero-order chi connectivity index (χ0) is 14.2. The number of halogens is 1. The first-order chi connectivity index (χ1) is 8.90. The molecule has 0 spiro atoms. The molecule has 0 saturated carbocycles. The van der Waals surface area contributed by atoms with E-state index < -0.39 is 11.4 Å². The maximum atomic E-state index is 11.9. The van der Waals surface area contributed by atoms with E-state index >= 15 is 0 Å². The first kappa shape index (κ1) is 14.1. The molecule has 4 nitrogen and oxygen atoms in total. The summed E-state index contributed by atoms with van der Waals surface area (Å²) in [5.74, 6) is -0.124. The molecule has 102 valence electrons. The maximum absolute atomic E-state index is 11.9. The minimum absolute atomic E-state index is 0.440. The Bertz CT molecular complexity index is 728. The van der Waals surface area contributed by atoms with Gasteiger partial charge in [0, 0.05) is 11.0 Å². The highest BCUT2D eigenvalue weighted by atomic mass is 79.9. The van der Waals surface area contributed by atoms with E-state index in [4.69, 9.17) is 4.42 Å². The standard InChI is InChI=1S/C14H16BrNO3/c1-8(2)4-5-16-12-10(13(17)19-14(16)18)6-9(3)7-11(12)15/h6-8H,4-5H2,1-3H3. The zero-order valence-corrected chi connectivity index (χ0v) is 12.8. The van der Waals surface area contributed by atoms with Crippen LogP contribution in [0.1, 0.15) is 25.8 Å². The van der Waals surface area contributed by atoms with E-state index in [0.29, 0.717) is 23.4 Å². The Labute approximate surface area is 119 Å². The van der Waals surface area contributed by atoms with Crippen LogP contribution in [0.25, 0.3) is 10.9 Å². The molecule has 1 aromatic carbocycles. The van der Waals surface area contributed by atoms with Gasteiger partial charge in [-0.15, -0.1) is 0 Å². The van der Waals surface area contributed by atoms with Gasteiger partial charge in [-0.25, -0.2) is 9.59 Å². The number of aromatic nitrogens is 1. The lowest BCUT2D eigenvalue weighted by Crippen LogP contribution is -2.26. The average Bonchev–Trinajstić information content (AvgIpc) is 2.29. The molecule has 0 fully saturated rings.